The molecular weight excluding hydrogens is 442 g/mol. The molecule has 2 fully saturated rings. The molecule has 4 aliphatic heterocycles. The zero-order chi connectivity index (χ0) is 24.1. The van der Waals surface area contributed by atoms with E-state index in [4.69, 9.17) is 4.98 Å². The molecule has 1 aromatic carbocycles. The van der Waals surface area contributed by atoms with Gasteiger partial charge in [0.15, 0.2) is 0 Å². The number of β-amino-alcohol motifs (C(OH)–C–C–N with tert-alkyl or cyclic N) is 1. The van der Waals surface area contributed by atoms with E-state index < -0.39 is 0 Å². The molecule has 9 nitrogen and oxygen atoms in total. The summed E-state index contributed by atoms with van der Waals surface area (Å²) in [7, 11) is 0. The third-order valence-electron chi connectivity index (χ3n) is 7.86. The van der Waals surface area contributed by atoms with Gasteiger partial charge in [-0.15, -0.1) is 0 Å². The minimum absolute atomic E-state index is 0.318. The standard InChI is InChI=1S/C26H33N7O2/c1-18-19(2)32(18)17-21(34)16-29-12-14-30(15-13-29)23-9-8-22-25(28-23)31-11-10-27-26(31)24(33(22)35)20-6-4-3-5-7-20/h3-9,18-19,21,34H,10-17H2,1-2H3/t18-,19+,21?,32?. The van der Waals surface area contributed by atoms with Crippen LogP contribution in [0.2, 0.25) is 0 Å². The van der Waals surface area contributed by atoms with Crippen LogP contribution in [0.15, 0.2) is 47.5 Å². The summed E-state index contributed by atoms with van der Waals surface area (Å²) in [6, 6.07) is 14.8. The summed E-state index contributed by atoms with van der Waals surface area (Å²) in [5.41, 5.74) is 2.01. The quantitative estimate of drug-likeness (QED) is 0.385. The average Bonchev–Trinajstić information content (AvgIpc) is 3.23. The lowest BCUT2D eigenvalue weighted by Gasteiger charge is -2.37. The van der Waals surface area contributed by atoms with Crippen molar-refractivity contribution in [3.8, 4) is 0 Å². The van der Waals surface area contributed by atoms with Crippen molar-refractivity contribution in [2.45, 2.75) is 32.0 Å². The van der Waals surface area contributed by atoms with Crippen LogP contribution in [0.4, 0.5) is 17.3 Å². The van der Waals surface area contributed by atoms with Crippen molar-refractivity contribution in [3.05, 3.63) is 53.2 Å². The number of rotatable bonds is 6. The van der Waals surface area contributed by atoms with Crippen LogP contribution in [0, 0.1) is 5.21 Å². The molecule has 2 saturated heterocycles. The fourth-order valence-corrected chi connectivity index (χ4v) is 5.54. The summed E-state index contributed by atoms with van der Waals surface area (Å²) >= 11 is 0. The van der Waals surface area contributed by atoms with Gasteiger partial charge < -0.3 is 15.2 Å². The van der Waals surface area contributed by atoms with Crippen molar-refractivity contribution in [3.63, 3.8) is 0 Å². The number of pyridine rings is 1. The van der Waals surface area contributed by atoms with Crippen molar-refractivity contribution < 1.29 is 9.85 Å². The Kier molecular flexibility index (Phi) is 5.70. The lowest BCUT2D eigenvalue weighted by atomic mass is 10.1. The second-order valence-electron chi connectivity index (χ2n) is 10.00. The number of aliphatic hydroxyl groups is 1. The minimum Gasteiger partial charge on any atom is -0.618 e. The van der Waals surface area contributed by atoms with Crippen LogP contribution in [0.1, 0.15) is 19.4 Å². The van der Waals surface area contributed by atoms with Crippen LogP contribution in [0.3, 0.4) is 0 Å². The van der Waals surface area contributed by atoms with E-state index in [1.165, 1.54) is 0 Å². The van der Waals surface area contributed by atoms with Gasteiger partial charge in [0.05, 0.1) is 18.2 Å². The van der Waals surface area contributed by atoms with E-state index >= 15 is 0 Å². The van der Waals surface area contributed by atoms with Gasteiger partial charge in [-0.05, 0) is 32.0 Å². The number of nitrogens with zero attached hydrogens (tertiary/aromatic N) is 7. The topological polar surface area (TPSA) is 84.3 Å². The van der Waals surface area contributed by atoms with Crippen LogP contribution in [-0.4, -0.2) is 107 Å². The number of aromatic nitrogens is 1. The van der Waals surface area contributed by atoms with E-state index in [1.54, 1.807) is 0 Å². The van der Waals surface area contributed by atoms with Gasteiger partial charge in [-0.1, -0.05) is 18.2 Å². The van der Waals surface area contributed by atoms with E-state index in [2.05, 4.69) is 38.4 Å². The second kappa shape index (κ2) is 8.89. The average molecular weight is 476 g/mol. The number of piperazine rings is 1. The van der Waals surface area contributed by atoms with Gasteiger partial charge in [0.25, 0.3) is 11.4 Å². The number of anilines is 2. The predicted octanol–water partition coefficient (Wildman–Crippen LogP) is 1.52. The third-order valence-corrected chi connectivity index (χ3v) is 7.86. The van der Waals surface area contributed by atoms with Gasteiger partial charge in [0, 0.05) is 64.0 Å². The van der Waals surface area contributed by atoms with Crippen molar-refractivity contribution in [1.82, 2.24) is 14.8 Å². The normalized spacial score (nSPS) is 26.9. The van der Waals surface area contributed by atoms with Gasteiger partial charge >= 0.3 is 0 Å². The van der Waals surface area contributed by atoms with Crippen LogP contribution >= 0.6 is 0 Å². The lowest BCUT2D eigenvalue weighted by molar-refractivity contribution is -0.358. The van der Waals surface area contributed by atoms with Crippen molar-refractivity contribution >= 4 is 28.9 Å². The summed E-state index contributed by atoms with van der Waals surface area (Å²) in [4.78, 5) is 18.6. The molecular formula is C26H33N7O2. The summed E-state index contributed by atoms with van der Waals surface area (Å²) in [5, 5.41) is 23.9. The Labute approximate surface area is 206 Å². The van der Waals surface area contributed by atoms with E-state index in [0.29, 0.717) is 48.2 Å². The molecule has 2 unspecified atom stereocenters. The number of hydrogen-bond acceptors (Lipinski definition) is 8. The maximum atomic E-state index is 13.4. The number of amidine groups is 1. The van der Waals surface area contributed by atoms with Crippen molar-refractivity contribution in [1.29, 1.82) is 0 Å². The van der Waals surface area contributed by atoms with E-state index in [-0.39, 0.29) is 6.10 Å². The molecule has 4 atom stereocenters. The highest BCUT2D eigenvalue weighted by Gasteiger charge is 2.41. The van der Waals surface area contributed by atoms with Crippen molar-refractivity contribution in [2.24, 2.45) is 4.99 Å². The Bertz CT molecular complexity index is 1150. The van der Waals surface area contributed by atoms with E-state index in [9.17, 15) is 10.3 Å². The summed E-state index contributed by atoms with van der Waals surface area (Å²) in [6.45, 7) is 10.7. The fourth-order valence-electron chi connectivity index (χ4n) is 5.54. The van der Waals surface area contributed by atoms with Crippen LogP contribution in [0.5, 0.6) is 0 Å². The number of hydrogen-bond donors (Lipinski definition) is 1. The second-order valence-corrected chi connectivity index (χ2v) is 10.00. The monoisotopic (exact) mass is 475 g/mol. The molecule has 0 amide bonds. The third kappa shape index (κ3) is 4.07. The molecule has 5 heterocycles. The number of aliphatic hydroxyl groups excluding tert-OH is 1. The molecule has 0 saturated carbocycles. The number of fused-ring (bicyclic) bond motifs is 3. The Morgan fingerprint density at radius 3 is 2.46 bits per heavy atom. The van der Waals surface area contributed by atoms with E-state index in [0.717, 1.165) is 55.4 Å². The largest absolute Gasteiger partial charge is 0.618 e. The van der Waals surface area contributed by atoms with Gasteiger partial charge in [0.1, 0.15) is 5.82 Å². The highest BCUT2D eigenvalue weighted by atomic mass is 16.5. The molecule has 1 N–H and O–H groups in total. The molecule has 0 spiro atoms. The van der Waals surface area contributed by atoms with Gasteiger partial charge in [-0.2, -0.15) is 4.74 Å². The molecule has 2 aromatic rings. The minimum atomic E-state index is -0.318. The van der Waals surface area contributed by atoms with Crippen LogP contribution < -0.4 is 9.80 Å². The molecule has 35 heavy (non-hydrogen) atoms. The zero-order valence-corrected chi connectivity index (χ0v) is 20.4. The van der Waals surface area contributed by atoms with Gasteiger partial charge in [-0.3, -0.25) is 19.7 Å². The maximum absolute atomic E-state index is 13.4. The lowest BCUT2D eigenvalue weighted by Crippen LogP contribution is -2.49. The highest BCUT2D eigenvalue weighted by Crippen LogP contribution is 2.35. The fraction of sp³-hybridized carbons (Fsp3) is 0.500. The first-order valence-corrected chi connectivity index (χ1v) is 12.7. The Balaban J connectivity index is 1.17. The van der Waals surface area contributed by atoms with Gasteiger partial charge in [0.2, 0.25) is 11.7 Å². The molecule has 9 heteroatoms. The molecule has 0 bridgehead atoms. The highest BCUT2D eigenvalue weighted by molar-refractivity contribution is 6.51. The SMILES string of the molecule is C[C@@H]1[C@H](C)N1CC(O)CN1CCN(c2ccc3c(n2)N2CCN=C2C(c2ccccc2)=[N+]3[O-])CC1. The van der Waals surface area contributed by atoms with Gasteiger partial charge in [-0.25, -0.2) is 4.98 Å². The summed E-state index contributed by atoms with van der Waals surface area (Å²) in [6.07, 6.45) is -0.318. The van der Waals surface area contributed by atoms with Crippen LogP contribution in [-0.2, 0) is 0 Å². The van der Waals surface area contributed by atoms with Crippen LogP contribution in [0.25, 0.3) is 0 Å². The Morgan fingerprint density at radius 2 is 1.74 bits per heavy atom. The summed E-state index contributed by atoms with van der Waals surface area (Å²) < 4.78 is 0.985. The molecule has 0 aliphatic carbocycles. The molecule has 6 rings (SSSR count). The molecule has 4 aliphatic rings. The zero-order valence-electron chi connectivity index (χ0n) is 20.4. The van der Waals surface area contributed by atoms with E-state index in [1.807, 2.05) is 42.5 Å². The molecule has 1 aromatic heterocycles. The molecule has 0 radical (unpaired) electrons. The Morgan fingerprint density at radius 1 is 1.00 bits per heavy atom. The number of aliphatic imine (C=N–C) groups is 1. The summed E-state index contributed by atoms with van der Waals surface area (Å²) in [5.74, 6) is 2.28. The Hall–Kier alpha value is -3.01. The first-order valence-electron chi connectivity index (χ1n) is 12.7. The molecule has 184 valence electrons. The first-order chi connectivity index (χ1) is 17.0. The first kappa shape index (κ1) is 22.5. The number of benzene rings is 1. The van der Waals surface area contributed by atoms with Crippen molar-refractivity contribution in [2.75, 3.05) is 62.2 Å². The maximum Gasteiger partial charge on any atom is 0.267 e. The smallest absolute Gasteiger partial charge is 0.267 e. The predicted molar refractivity (Wildman–Crippen MR) is 138 cm³/mol.